The summed E-state index contributed by atoms with van der Waals surface area (Å²) in [5.41, 5.74) is 1.72. The molecule has 0 aromatic heterocycles. The molecular weight excluding hydrogens is 194 g/mol. The molecule has 0 atom stereocenters. The van der Waals surface area contributed by atoms with Crippen LogP contribution in [0.4, 0.5) is 0 Å². The van der Waals surface area contributed by atoms with Crippen LogP contribution in [0.3, 0.4) is 0 Å². The van der Waals surface area contributed by atoms with E-state index in [0.29, 0.717) is 0 Å². The number of hydrogen-bond donors (Lipinski definition) is 1. The van der Waals surface area contributed by atoms with E-state index in [4.69, 9.17) is 0 Å². The zero-order valence-corrected chi connectivity index (χ0v) is 10.5. The van der Waals surface area contributed by atoms with Gasteiger partial charge in [-0.1, -0.05) is 30.3 Å². The quantitative estimate of drug-likeness (QED) is 0.770. The number of aryl methyl sites for hydroxylation is 1. The van der Waals surface area contributed by atoms with Gasteiger partial charge in [-0.15, -0.1) is 0 Å². The molecule has 1 nitrogen and oxygen atoms in total. The summed E-state index contributed by atoms with van der Waals surface area (Å²) < 4.78 is 0. The Labute approximate surface area is 99.3 Å². The molecule has 16 heavy (non-hydrogen) atoms. The van der Waals surface area contributed by atoms with Crippen molar-refractivity contribution in [3.63, 3.8) is 0 Å². The van der Waals surface area contributed by atoms with Gasteiger partial charge in [0.1, 0.15) is 0 Å². The lowest BCUT2D eigenvalue weighted by molar-refractivity contribution is 0.356. The lowest BCUT2D eigenvalue weighted by atomic mass is 9.95. The topological polar surface area (TPSA) is 12.0 Å². The molecule has 1 aliphatic carbocycles. The van der Waals surface area contributed by atoms with Crippen LogP contribution in [0.1, 0.15) is 38.7 Å². The molecule has 0 heterocycles. The highest BCUT2D eigenvalue weighted by molar-refractivity contribution is 5.15. The minimum atomic E-state index is 0.276. The Kier molecular flexibility index (Phi) is 3.65. The largest absolute Gasteiger partial charge is 0.312 e. The standard InChI is InChI=1S/C15H23N/c1-15(2,16-12-14-8-9-14)11-10-13-6-4-3-5-7-13/h3-7,14,16H,8-12H2,1-2H3. The fourth-order valence-electron chi connectivity index (χ4n) is 1.93. The predicted molar refractivity (Wildman–Crippen MR) is 69.6 cm³/mol. The van der Waals surface area contributed by atoms with Crippen LogP contribution in [-0.4, -0.2) is 12.1 Å². The van der Waals surface area contributed by atoms with Crippen LogP contribution in [0.25, 0.3) is 0 Å². The molecule has 0 amide bonds. The van der Waals surface area contributed by atoms with E-state index in [1.165, 1.54) is 37.8 Å². The summed E-state index contributed by atoms with van der Waals surface area (Å²) >= 11 is 0. The lowest BCUT2D eigenvalue weighted by Crippen LogP contribution is -2.40. The van der Waals surface area contributed by atoms with Gasteiger partial charge in [0.15, 0.2) is 0 Å². The van der Waals surface area contributed by atoms with Crippen molar-refractivity contribution in [3.8, 4) is 0 Å². The first kappa shape index (κ1) is 11.7. The van der Waals surface area contributed by atoms with Gasteiger partial charge >= 0.3 is 0 Å². The Hall–Kier alpha value is -0.820. The highest BCUT2D eigenvalue weighted by Crippen LogP contribution is 2.28. The van der Waals surface area contributed by atoms with Crippen molar-refractivity contribution in [2.24, 2.45) is 5.92 Å². The van der Waals surface area contributed by atoms with Gasteiger partial charge in [0, 0.05) is 5.54 Å². The van der Waals surface area contributed by atoms with Gasteiger partial charge in [-0.2, -0.15) is 0 Å². The van der Waals surface area contributed by atoms with Crippen LogP contribution in [0.15, 0.2) is 30.3 Å². The van der Waals surface area contributed by atoms with Crippen molar-refractivity contribution in [2.45, 2.75) is 45.1 Å². The molecule has 0 radical (unpaired) electrons. The number of rotatable bonds is 6. The Morgan fingerprint density at radius 2 is 1.88 bits per heavy atom. The summed E-state index contributed by atoms with van der Waals surface area (Å²) in [5.74, 6) is 0.969. The first-order valence-corrected chi connectivity index (χ1v) is 6.45. The van der Waals surface area contributed by atoms with E-state index in [2.05, 4.69) is 49.5 Å². The summed E-state index contributed by atoms with van der Waals surface area (Å²) in [7, 11) is 0. The van der Waals surface area contributed by atoms with E-state index >= 15 is 0 Å². The van der Waals surface area contributed by atoms with Gasteiger partial charge in [0.2, 0.25) is 0 Å². The van der Waals surface area contributed by atoms with E-state index in [1.807, 2.05) is 0 Å². The lowest BCUT2D eigenvalue weighted by Gasteiger charge is -2.26. The minimum absolute atomic E-state index is 0.276. The Balaban J connectivity index is 1.74. The molecule has 1 saturated carbocycles. The molecular formula is C15H23N. The summed E-state index contributed by atoms with van der Waals surface area (Å²) in [6, 6.07) is 10.8. The zero-order chi connectivity index (χ0) is 11.4. The smallest absolute Gasteiger partial charge is 0.0128 e. The van der Waals surface area contributed by atoms with Crippen molar-refractivity contribution >= 4 is 0 Å². The molecule has 1 N–H and O–H groups in total. The van der Waals surface area contributed by atoms with E-state index in [9.17, 15) is 0 Å². The molecule has 1 aromatic rings. The normalized spacial score (nSPS) is 16.4. The molecule has 0 saturated heterocycles. The second-order valence-electron chi connectivity index (χ2n) is 5.69. The number of hydrogen-bond acceptors (Lipinski definition) is 1. The molecule has 0 spiro atoms. The maximum Gasteiger partial charge on any atom is 0.0128 e. The van der Waals surface area contributed by atoms with Crippen molar-refractivity contribution in [3.05, 3.63) is 35.9 Å². The third-order valence-electron chi connectivity index (χ3n) is 3.45. The second kappa shape index (κ2) is 5.01. The molecule has 88 valence electrons. The number of nitrogens with one attached hydrogen (secondary N) is 1. The Bertz CT molecular complexity index is 311. The summed E-state index contributed by atoms with van der Waals surface area (Å²) in [4.78, 5) is 0. The number of benzene rings is 1. The van der Waals surface area contributed by atoms with E-state index in [-0.39, 0.29) is 5.54 Å². The van der Waals surface area contributed by atoms with Gasteiger partial charge in [0.25, 0.3) is 0 Å². The van der Waals surface area contributed by atoms with Crippen LogP contribution in [0.5, 0.6) is 0 Å². The fourth-order valence-corrected chi connectivity index (χ4v) is 1.93. The average Bonchev–Trinajstić information content (AvgIpc) is 3.09. The Morgan fingerprint density at radius 3 is 2.50 bits per heavy atom. The van der Waals surface area contributed by atoms with Crippen molar-refractivity contribution in [1.29, 1.82) is 0 Å². The molecule has 0 unspecified atom stereocenters. The first-order chi connectivity index (χ1) is 7.66. The Morgan fingerprint density at radius 1 is 1.19 bits per heavy atom. The monoisotopic (exact) mass is 217 g/mol. The van der Waals surface area contributed by atoms with E-state index < -0.39 is 0 Å². The molecule has 0 bridgehead atoms. The van der Waals surface area contributed by atoms with Crippen molar-refractivity contribution in [1.82, 2.24) is 5.32 Å². The van der Waals surface area contributed by atoms with Gasteiger partial charge < -0.3 is 5.32 Å². The summed E-state index contributed by atoms with van der Waals surface area (Å²) in [6.45, 7) is 5.85. The van der Waals surface area contributed by atoms with E-state index in [0.717, 1.165) is 5.92 Å². The van der Waals surface area contributed by atoms with Gasteiger partial charge in [0.05, 0.1) is 0 Å². The molecule has 2 rings (SSSR count). The third-order valence-corrected chi connectivity index (χ3v) is 3.45. The second-order valence-corrected chi connectivity index (χ2v) is 5.69. The average molecular weight is 217 g/mol. The van der Waals surface area contributed by atoms with Crippen molar-refractivity contribution < 1.29 is 0 Å². The minimum Gasteiger partial charge on any atom is -0.312 e. The molecule has 1 aromatic carbocycles. The van der Waals surface area contributed by atoms with Crippen LogP contribution in [0.2, 0.25) is 0 Å². The third kappa shape index (κ3) is 3.97. The molecule has 1 heteroatoms. The summed E-state index contributed by atoms with van der Waals surface area (Å²) in [5, 5.41) is 3.69. The van der Waals surface area contributed by atoms with Crippen LogP contribution in [-0.2, 0) is 6.42 Å². The highest BCUT2D eigenvalue weighted by Gasteiger charge is 2.24. The zero-order valence-electron chi connectivity index (χ0n) is 10.5. The van der Waals surface area contributed by atoms with Crippen LogP contribution < -0.4 is 5.32 Å². The first-order valence-electron chi connectivity index (χ1n) is 6.45. The molecule has 0 aliphatic heterocycles. The van der Waals surface area contributed by atoms with Crippen LogP contribution >= 0.6 is 0 Å². The highest BCUT2D eigenvalue weighted by atomic mass is 15.0. The van der Waals surface area contributed by atoms with Crippen LogP contribution in [0, 0.1) is 5.92 Å². The SMILES string of the molecule is CC(C)(CCc1ccccc1)NCC1CC1. The maximum absolute atomic E-state index is 3.69. The van der Waals surface area contributed by atoms with Gasteiger partial charge in [-0.25, -0.2) is 0 Å². The summed E-state index contributed by atoms with van der Waals surface area (Å²) in [6.07, 6.45) is 5.25. The van der Waals surface area contributed by atoms with E-state index in [1.54, 1.807) is 0 Å². The predicted octanol–water partition coefficient (Wildman–Crippen LogP) is 3.40. The van der Waals surface area contributed by atoms with Crippen molar-refractivity contribution in [2.75, 3.05) is 6.54 Å². The maximum atomic E-state index is 3.69. The van der Waals surface area contributed by atoms with Gasteiger partial charge in [-0.05, 0) is 57.6 Å². The fraction of sp³-hybridized carbons (Fsp3) is 0.600. The molecule has 1 aliphatic rings. The van der Waals surface area contributed by atoms with Gasteiger partial charge in [-0.3, -0.25) is 0 Å². The molecule has 1 fully saturated rings.